The molecule has 16 nitrogen and oxygen atoms in total. The number of hydrogen-bond acceptors (Lipinski definition) is 8. The number of rotatable bonds is 24. The molecule has 0 bridgehead atoms. The quantitative estimate of drug-likeness (QED) is 0.0836. The lowest BCUT2D eigenvalue weighted by Crippen LogP contribution is -2.29. The molecule has 0 aromatic rings. The number of hydrogen-bond donors (Lipinski definition) is 0. The maximum Gasteiger partial charge on any atom is 0.0522 e. The van der Waals surface area contributed by atoms with Crippen molar-refractivity contribution in [1.29, 1.82) is 0 Å². The van der Waals surface area contributed by atoms with E-state index < -0.39 is 0 Å². The Kier molecular flexibility index (Phi) is 21.6. The molecule has 0 atom stereocenters. The van der Waals surface area contributed by atoms with Gasteiger partial charge in [0.05, 0.1) is 26.4 Å². The van der Waals surface area contributed by atoms with Crippen LogP contribution in [0.3, 0.4) is 0 Å². The van der Waals surface area contributed by atoms with E-state index in [0.717, 1.165) is 0 Å². The van der Waals surface area contributed by atoms with E-state index in [-0.39, 0.29) is 31.6 Å². The lowest BCUT2D eigenvalue weighted by molar-refractivity contribution is 0.0110. The van der Waals surface area contributed by atoms with Crippen LogP contribution in [0.2, 0.25) is 0 Å². The smallest absolute Gasteiger partial charge is 0.0522 e. The third-order valence-corrected chi connectivity index (χ3v) is 4.70. The van der Waals surface area contributed by atoms with Crippen LogP contribution in [-0.4, -0.2) is 79.0 Å². The van der Waals surface area contributed by atoms with Crippen molar-refractivity contribution in [3.05, 3.63) is 41.8 Å². The summed E-state index contributed by atoms with van der Waals surface area (Å²) < 4.78 is 22.5. The first kappa shape index (κ1) is 30.1. The van der Waals surface area contributed by atoms with Crippen molar-refractivity contribution in [3.63, 3.8) is 0 Å². The second kappa shape index (κ2) is 23.7. The zero-order valence-electron chi connectivity index (χ0n) is 18.8. The predicted molar refractivity (Wildman–Crippen MR) is 120 cm³/mol. The van der Waals surface area contributed by atoms with E-state index in [2.05, 4.69) is 40.1 Å². The Balaban J connectivity index is 4.93. The van der Waals surface area contributed by atoms with Crippen LogP contribution < -0.4 is 0 Å². The van der Waals surface area contributed by atoms with E-state index in [1.807, 2.05) is 0 Å². The van der Waals surface area contributed by atoms with Crippen molar-refractivity contribution in [1.82, 2.24) is 0 Å². The Morgan fingerprint density at radius 2 is 0.667 bits per heavy atom. The summed E-state index contributed by atoms with van der Waals surface area (Å²) in [5.74, 6) is 0. The maximum atomic E-state index is 8.36. The summed E-state index contributed by atoms with van der Waals surface area (Å²) >= 11 is 0. The summed E-state index contributed by atoms with van der Waals surface area (Å²) in [6, 6.07) is 0. The highest BCUT2D eigenvalue weighted by molar-refractivity contribution is 4.80. The summed E-state index contributed by atoms with van der Waals surface area (Å²) in [6.45, 7) is 4.18. The van der Waals surface area contributed by atoms with Crippen LogP contribution in [0, 0.1) is 5.41 Å². The normalized spacial score (nSPS) is 11.9. The SMILES string of the molecule is [N-]=[N+]=NCCOCCC(CCOCCN=[N+]=[N-])(CCOCCN=[N+]=[N-])CCOCCN=[N+]=[N-]. The molecule has 0 N–H and O–H groups in total. The van der Waals surface area contributed by atoms with Gasteiger partial charge in [0, 0.05) is 72.3 Å². The van der Waals surface area contributed by atoms with Crippen LogP contribution in [0.25, 0.3) is 41.8 Å². The molecule has 0 aromatic carbocycles. The van der Waals surface area contributed by atoms with E-state index in [9.17, 15) is 0 Å². The molecule has 0 radical (unpaired) electrons. The number of ether oxygens (including phenoxy) is 4. The first-order chi connectivity index (χ1) is 16.2. The van der Waals surface area contributed by atoms with Gasteiger partial charge in [0.2, 0.25) is 0 Å². The van der Waals surface area contributed by atoms with Gasteiger partial charge in [0.1, 0.15) is 0 Å². The van der Waals surface area contributed by atoms with Gasteiger partial charge >= 0.3 is 0 Å². The van der Waals surface area contributed by atoms with Gasteiger partial charge in [0.25, 0.3) is 0 Å². The summed E-state index contributed by atoms with van der Waals surface area (Å²) in [5.41, 5.74) is 33.2. The fraction of sp³-hybridized carbons (Fsp3) is 1.00. The van der Waals surface area contributed by atoms with Gasteiger partial charge in [-0.25, -0.2) is 0 Å². The minimum atomic E-state index is -0.228. The largest absolute Gasteiger partial charge is 0.381 e. The molecule has 184 valence electrons. The van der Waals surface area contributed by atoms with Crippen LogP contribution in [0.4, 0.5) is 0 Å². The van der Waals surface area contributed by atoms with Gasteiger partial charge in [-0.2, -0.15) is 0 Å². The van der Waals surface area contributed by atoms with Gasteiger partial charge < -0.3 is 18.9 Å². The molecule has 0 saturated heterocycles. The molecule has 0 aromatic heterocycles. The molecule has 0 rings (SSSR count). The van der Waals surface area contributed by atoms with Crippen molar-refractivity contribution >= 4 is 0 Å². The standard InChI is InChI=1S/C17H32N12O4/c18-26-22-5-13-30-9-1-17(2-10-31-14-6-23-27-19,3-11-32-15-7-24-28-20)4-12-33-16-8-25-29-21/h1-16H2. The highest BCUT2D eigenvalue weighted by Crippen LogP contribution is 2.35. The predicted octanol–water partition coefficient (Wildman–Crippen LogP) is 4.84. The Morgan fingerprint density at radius 3 is 0.879 bits per heavy atom. The fourth-order valence-corrected chi connectivity index (χ4v) is 2.91. The number of nitrogens with zero attached hydrogens (tertiary/aromatic N) is 12. The highest BCUT2D eigenvalue weighted by Gasteiger charge is 2.29. The summed E-state index contributed by atoms with van der Waals surface area (Å²) in [7, 11) is 0. The second-order valence-electron chi connectivity index (χ2n) is 6.77. The Hall–Kier alpha value is -2.92. The van der Waals surface area contributed by atoms with E-state index in [0.29, 0.717) is 78.5 Å². The number of azide groups is 4. The third kappa shape index (κ3) is 19.5. The van der Waals surface area contributed by atoms with Gasteiger partial charge in [-0.3, -0.25) is 0 Å². The molecule has 0 aliphatic heterocycles. The zero-order chi connectivity index (χ0) is 24.3. The molecule has 0 amide bonds. The minimum Gasteiger partial charge on any atom is -0.381 e. The highest BCUT2D eigenvalue weighted by atomic mass is 16.5. The molecule has 33 heavy (non-hydrogen) atoms. The Labute approximate surface area is 192 Å². The molecule has 0 saturated carbocycles. The van der Waals surface area contributed by atoms with Crippen LogP contribution >= 0.6 is 0 Å². The fourth-order valence-electron chi connectivity index (χ4n) is 2.91. The van der Waals surface area contributed by atoms with Gasteiger partial charge in [-0.1, -0.05) is 20.5 Å². The summed E-state index contributed by atoms with van der Waals surface area (Å²) in [4.78, 5) is 10.8. The lowest BCUT2D eigenvalue weighted by Gasteiger charge is -2.34. The molecule has 0 aliphatic rings. The minimum absolute atomic E-state index is 0.228. The molecule has 0 aliphatic carbocycles. The first-order valence-electron chi connectivity index (χ1n) is 10.6. The molecule has 0 unspecified atom stereocenters. The Bertz CT molecular complexity index is 566. The van der Waals surface area contributed by atoms with Gasteiger partial charge in [-0.15, -0.1) is 0 Å². The molecule has 0 fully saturated rings. The van der Waals surface area contributed by atoms with Crippen LogP contribution in [-0.2, 0) is 18.9 Å². The van der Waals surface area contributed by atoms with E-state index >= 15 is 0 Å². The molecular weight excluding hydrogens is 436 g/mol. The average Bonchev–Trinajstić information content (AvgIpc) is 2.83. The van der Waals surface area contributed by atoms with Crippen LogP contribution in [0.15, 0.2) is 20.5 Å². The molecule has 0 spiro atoms. The molecule has 0 heterocycles. The van der Waals surface area contributed by atoms with Crippen LogP contribution in [0.1, 0.15) is 25.7 Å². The summed E-state index contributed by atoms with van der Waals surface area (Å²) in [5, 5.41) is 13.8. The van der Waals surface area contributed by atoms with E-state index in [4.69, 9.17) is 41.1 Å². The maximum absolute atomic E-state index is 8.36. The zero-order valence-corrected chi connectivity index (χ0v) is 18.8. The second-order valence-corrected chi connectivity index (χ2v) is 6.77. The Morgan fingerprint density at radius 1 is 0.424 bits per heavy atom. The van der Waals surface area contributed by atoms with Crippen molar-refractivity contribution in [2.24, 2.45) is 25.9 Å². The monoisotopic (exact) mass is 468 g/mol. The van der Waals surface area contributed by atoms with E-state index in [1.165, 1.54) is 0 Å². The lowest BCUT2D eigenvalue weighted by atomic mass is 9.76. The van der Waals surface area contributed by atoms with Gasteiger partial charge in [0.15, 0.2) is 0 Å². The van der Waals surface area contributed by atoms with Gasteiger partial charge in [-0.05, 0) is 53.2 Å². The topological polar surface area (TPSA) is 232 Å². The van der Waals surface area contributed by atoms with Crippen molar-refractivity contribution < 1.29 is 18.9 Å². The molecular formula is C17H32N12O4. The summed E-state index contributed by atoms with van der Waals surface area (Å²) in [6.07, 6.45) is 2.79. The van der Waals surface area contributed by atoms with Crippen LogP contribution in [0.5, 0.6) is 0 Å². The van der Waals surface area contributed by atoms with E-state index in [1.54, 1.807) is 0 Å². The average molecular weight is 469 g/mol. The van der Waals surface area contributed by atoms with Crippen molar-refractivity contribution in [2.75, 3.05) is 79.0 Å². The molecule has 16 heteroatoms. The van der Waals surface area contributed by atoms with Crippen molar-refractivity contribution in [3.8, 4) is 0 Å². The van der Waals surface area contributed by atoms with Crippen molar-refractivity contribution in [2.45, 2.75) is 25.7 Å². The third-order valence-electron chi connectivity index (χ3n) is 4.70. The first-order valence-corrected chi connectivity index (χ1v) is 10.6.